The van der Waals surface area contributed by atoms with Gasteiger partial charge in [-0.2, -0.15) is 4.98 Å². The van der Waals surface area contributed by atoms with Crippen molar-refractivity contribution in [2.45, 2.75) is 6.54 Å². The summed E-state index contributed by atoms with van der Waals surface area (Å²) in [5.41, 5.74) is 2.83. The van der Waals surface area contributed by atoms with E-state index in [1.54, 1.807) is 6.07 Å². The summed E-state index contributed by atoms with van der Waals surface area (Å²) in [6.45, 7) is 0.679. The van der Waals surface area contributed by atoms with Crippen LogP contribution in [0.1, 0.15) is 5.56 Å². The molecular weight excluding hydrogens is 274 g/mol. The summed E-state index contributed by atoms with van der Waals surface area (Å²) in [5, 5.41) is 9.89. The fraction of sp³-hybridized carbons (Fsp3) is 0.111. The normalized spacial score (nSPS) is 10.4. The number of benzene rings is 2. The zero-order valence-corrected chi connectivity index (χ0v) is 12.3. The van der Waals surface area contributed by atoms with Crippen molar-refractivity contribution in [2.24, 2.45) is 0 Å². The fourth-order valence-electron chi connectivity index (χ4n) is 2.28. The Morgan fingerprint density at radius 2 is 1.55 bits per heavy atom. The molecule has 3 rings (SSSR count). The second-order valence-electron chi connectivity index (χ2n) is 5.12. The van der Waals surface area contributed by atoms with Crippen LogP contribution in [0, 0.1) is 0 Å². The van der Waals surface area contributed by atoms with Crippen molar-refractivity contribution in [3.8, 4) is 17.1 Å². The summed E-state index contributed by atoms with van der Waals surface area (Å²) in [4.78, 5) is 10.6. The maximum atomic E-state index is 9.89. The first-order chi connectivity index (χ1) is 10.7. The van der Waals surface area contributed by atoms with Gasteiger partial charge in [-0.05, 0) is 5.56 Å². The lowest BCUT2D eigenvalue weighted by Crippen LogP contribution is -2.19. The molecule has 0 aliphatic carbocycles. The van der Waals surface area contributed by atoms with E-state index in [1.165, 1.54) is 5.56 Å². The summed E-state index contributed by atoms with van der Waals surface area (Å²) < 4.78 is 0. The van der Waals surface area contributed by atoms with Gasteiger partial charge in [-0.15, -0.1) is 0 Å². The van der Waals surface area contributed by atoms with Gasteiger partial charge in [0.1, 0.15) is 0 Å². The van der Waals surface area contributed by atoms with Gasteiger partial charge in [-0.3, -0.25) is 0 Å². The molecule has 1 N–H and O–H groups in total. The SMILES string of the molecule is CN(Cc1ccccc1)c1nc(O)cc(-c2ccccc2)n1. The molecule has 0 unspecified atom stereocenters. The van der Waals surface area contributed by atoms with Gasteiger partial charge in [0, 0.05) is 25.2 Å². The van der Waals surface area contributed by atoms with Crippen LogP contribution in [0.5, 0.6) is 5.88 Å². The predicted octanol–water partition coefficient (Wildman–Crippen LogP) is 3.49. The summed E-state index contributed by atoms with van der Waals surface area (Å²) in [6, 6.07) is 21.4. The van der Waals surface area contributed by atoms with E-state index in [1.807, 2.05) is 60.5 Å². The smallest absolute Gasteiger partial charge is 0.229 e. The molecule has 4 heteroatoms. The lowest BCUT2D eigenvalue weighted by Gasteiger charge is -2.18. The molecule has 0 bridgehead atoms. The van der Waals surface area contributed by atoms with Crippen molar-refractivity contribution < 1.29 is 5.11 Å². The van der Waals surface area contributed by atoms with Crippen molar-refractivity contribution in [1.29, 1.82) is 0 Å². The molecular formula is C18H17N3O. The molecule has 0 saturated heterocycles. The van der Waals surface area contributed by atoms with Gasteiger partial charge in [-0.25, -0.2) is 4.98 Å². The Kier molecular flexibility index (Phi) is 4.01. The Bertz CT molecular complexity index is 745. The first kappa shape index (κ1) is 14.1. The maximum Gasteiger partial charge on any atom is 0.229 e. The van der Waals surface area contributed by atoms with Crippen LogP contribution in [0.2, 0.25) is 0 Å². The van der Waals surface area contributed by atoms with Crippen LogP contribution in [0.15, 0.2) is 66.7 Å². The number of anilines is 1. The summed E-state index contributed by atoms with van der Waals surface area (Å²) >= 11 is 0. The van der Waals surface area contributed by atoms with Gasteiger partial charge in [0.15, 0.2) is 0 Å². The highest BCUT2D eigenvalue weighted by Gasteiger charge is 2.10. The summed E-state index contributed by atoms with van der Waals surface area (Å²) in [7, 11) is 1.91. The molecule has 1 heterocycles. The van der Waals surface area contributed by atoms with Crippen LogP contribution in [0.4, 0.5) is 5.95 Å². The van der Waals surface area contributed by atoms with E-state index in [-0.39, 0.29) is 5.88 Å². The van der Waals surface area contributed by atoms with E-state index in [9.17, 15) is 5.11 Å². The molecule has 4 nitrogen and oxygen atoms in total. The highest BCUT2D eigenvalue weighted by molar-refractivity contribution is 5.61. The zero-order valence-electron chi connectivity index (χ0n) is 12.3. The second kappa shape index (κ2) is 6.26. The van der Waals surface area contributed by atoms with E-state index in [0.29, 0.717) is 18.2 Å². The average Bonchev–Trinajstić information content (AvgIpc) is 2.56. The first-order valence-corrected chi connectivity index (χ1v) is 7.11. The lowest BCUT2D eigenvalue weighted by atomic mass is 10.1. The number of nitrogens with zero attached hydrogens (tertiary/aromatic N) is 3. The number of hydrogen-bond acceptors (Lipinski definition) is 4. The molecule has 0 aliphatic rings. The zero-order chi connectivity index (χ0) is 15.4. The van der Waals surface area contributed by atoms with Gasteiger partial charge in [-0.1, -0.05) is 60.7 Å². The van der Waals surface area contributed by atoms with E-state index >= 15 is 0 Å². The molecule has 0 aliphatic heterocycles. The monoisotopic (exact) mass is 291 g/mol. The number of aromatic hydroxyl groups is 1. The van der Waals surface area contributed by atoms with Crippen LogP contribution < -0.4 is 4.90 Å². The largest absolute Gasteiger partial charge is 0.493 e. The van der Waals surface area contributed by atoms with Crippen LogP contribution in [-0.4, -0.2) is 22.1 Å². The van der Waals surface area contributed by atoms with Gasteiger partial charge in [0.2, 0.25) is 11.8 Å². The Labute approximate surface area is 129 Å². The van der Waals surface area contributed by atoms with Gasteiger partial charge < -0.3 is 10.0 Å². The van der Waals surface area contributed by atoms with Gasteiger partial charge >= 0.3 is 0 Å². The molecule has 0 amide bonds. The van der Waals surface area contributed by atoms with Crippen LogP contribution in [-0.2, 0) is 6.54 Å². The van der Waals surface area contributed by atoms with Crippen LogP contribution in [0.3, 0.4) is 0 Å². The highest BCUT2D eigenvalue weighted by atomic mass is 16.3. The van der Waals surface area contributed by atoms with Crippen LogP contribution in [0.25, 0.3) is 11.3 Å². The molecule has 2 aromatic carbocycles. The Morgan fingerprint density at radius 3 is 2.23 bits per heavy atom. The maximum absolute atomic E-state index is 9.89. The molecule has 22 heavy (non-hydrogen) atoms. The average molecular weight is 291 g/mol. The van der Waals surface area contributed by atoms with E-state index in [2.05, 4.69) is 22.1 Å². The molecule has 0 spiro atoms. The first-order valence-electron chi connectivity index (χ1n) is 7.11. The Hall–Kier alpha value is -2.88. The second-order valence-corrected chi connectivity index (χ2v) is 5.12. The van der Waals surface area contributed by atoms with Crippen molar-refractivity contribution in [3.63, 3.8) is 0 Å². The van der Waals surface area contributed by atoms with E-state index in [4.69, 9.17) is 0 Å². The molecule has 110 valence electrons. The standard InChI is InChI=1S/C18H17N3O/c1-21(13-14-8-4-2-5-9-14)18-19-16(12-17(22)20-18)15-10-6-3-7-11-15/h2-12H,13H2,1H3,(H,19,20,22). The molecule has 0 atom stereocenters. The van der Waals surface area contributed by atoms with Gasteiger partial charge in [0.05, 0.1) is 5.69 Å². The van der Waals surface area contributed by atoms with Crippen molar-refractivity contribution >= 4 is 5.95 Å². The third kappa shape index (κ3) is 3.23. The van der Waals surface area contributed by atoms with E-state index in [0.717, 1.165) is 5.56 Å². The Morgan fingerprint density at radius 1 is 0.909 bits per heavy atom. The summed E-state index contributed by atoms with van der Waals surface area (Å²) in [6.07, 6.45) is 0. The number of aromatic nitrogens is 2. The summed E-state index contributed by atoms with van der Waals surface area (Å²) in [5.74, 6) is 0.478. The predicted molar refractivity (Wildman–Crippen MR) is 87.7 cm³/mol. The van der Waals surface area contributed by atoms with Crippen molar-refractivity contribution in [1.82, 2.24) is 9.97 Å². The Balaban J connectivity index is 1.89. The highest BCUT2D eigenvalue weighted by Crippen LogP contribution is 2.23. The molecule has 0 fully saturated rings. The fourth-order valence-corrected chi connectivity index (χ4v) is 2.28. The lowest BCUT2D eigenvalue weighted by molar-refractivity contribution is 0.452. The molecule has 3 aromatic rings. The minimum atomic E-state index is -0.0243. The van der Waals surface area contributed by atoms with E-state index < -0.39 is 0 Å². The van der Waals surface area contributed by atoms with Crippen molar-refractivity contribution in [2.75, 3.05) is 11.9 Å². The third-order valence-corrected chi connectivity index (χ3v) is 3.37. The molecule has 0 saturated carbocycles. The topological polar surface area (TPSA) is 49.2 Å². The third-order valence-electron chi connectivity index (χ3n) is 3.37. The number of rotatable bonds is 4. The molecule has 0 radical (unpaired) electrons. The molecule has 1 aromatic heterocycles. The minimum absolute atomic E-state index is 0.0243. The minimum Gasteiger partial charge on any atom is -0.493 e. The van der Waals surface area contributed by atoms with Crippen molar-refractivity contribution in [3.05, 3.63) is 72.3 Å². The number of hydrogen-bond donors (Lipinski definition) is 1. The van der Waals surface area contributed by atoms with Gasteiger partial charge in [0.25, 0.3) is 0 Å². The van der Waals surface area contributed by atoms with Crippen LogP contribution >= 0.6 is 0 Å². The quantitative estimate of drug-likeness (QED) is 0.799.